The van der Waals surface area contributed by atoms with Gasteiger partial charge < -0.3 is 15.5 Å². The number of nitrogens with zero attached hydrogens (tertiary/aromatic N) is 2. The first-order valence-electron chi connectivity index (χ1n) is 8.82. The highest BCUT2D eigenvalue weighted by Crippen LogP contribution is 2.25. The lowest BCUT2D eigenvalue weighted by atomic mass is 10.2. The van der Waals surface area contributed by atoms with Crippen LogP contribution in [0.3, 0.4) is 0 Å². The maximum absolute atomic E-state index is 13.6. The van der Waals surface area contributed by atoms with Gasteiger partial charge >= 0.3 is 0 Å². The molecular formula is C20H16Cl2FN5O3. The molecule has 0 aliphatic carbocycles. The minimum Gasteiger partial charge on any atom is -0.355 e. The van der Waals surface area contributed by atoms with Crippen molar-refractivity contribution in [3.8, 4) is 0 Å². The van der Waals surface area contributed by atoms with Crippen molar-refractivity contribution in [2.75, 3.05) is 24.3 Å². The molecule has 160 valence electrons. The van der Waals surface area contributed by atoms with Gasteiger partial charge in [0.05, 0.1) is 15.6 Å². The third kappa shape index (κ3) is 4.84. The minimum absolute atomic E-state index is 0.0318. The molecule has 8 nitrogen and oxygen atoms in total. The van der Waals surface area contributed by atoms with Crippen molar-refractivity contribution in [3.05, 3.63) is 75.1 Å². The molecule has 3 N–H and O–H groups in total. The highest BCUT2D eigenvalue weighted by molar-refractivity contribution is 6.37. The van der Waals surface area contributed by atoms with Crippen molar-refractivity contribution in [1.82, 2.24) is 15.5 Å². The van der Waals surface area contributed by atoms with Crippen LogP contribution in [0.2, 0.25) is 10.0 Å². The third-order valence-electron chi connectivity index (χ3n) is 4.35. The van der Waals surface area contributed by atoms with Gasteiger partial charge in [0.15, 0.2) is 5.82 Å². The number of hydrogen-bond donors (Lipinski definition) is 3. The molecule has 3 aromatic rings. The van der Waals surface area contributed by atoms with E-state index in [2.05, 4.69) is 20.8 Å². The lowest BCUT2D eigenvalue weighted by Crippen LogP contribution is -2.26. The van der Waals surface area contributed by atoms with E-state index in [1.165, 1.54) is 18.0 Å². The fourth-order valence-corrected chi connectivity index (χ4v) is 3.12. The van der Waals surface area contributed by atoms with Crippen molar-refractivity contribution in [2.24, 2.45) is 0 Å². The van der Waals surface area contributed by atoms with Crippen LogP contribution in [0.15, 0.2) is 42.5 Å². The summed E-state index contributed by atoms with van der Waals surface area (Å²) in [5.41, 5.74) is 0.964. The van der Waals surface area contributed by atoms with Crippen molar-refractivity contribution < 1.29 is 18.8 Å². The summed E-state index contributed by atoms with van der Waals surface area (Å²) in [5.74, 6) is -2.14. The van der Waals surface area contributed by atoms with Gasteiger partial charge in [-0.1, -0.05) is 23.2 Å². The largest absolute Gasteiger partial charge is 0.355 e. The number of benzene rings is 2. The van der Waals surface area contributed by atoms with Crippen molar-refractivity contribution >= 4 is 52.4 Å². The molecule has 0 aliphatic heterocycles. The van der Waals surface area contributed by atoms with Gasteiger partial charge in [0, 0.05) is 31.4 Å². The Morgan fingerprint density at radius 1 is 1.03 bits per heavy atom. The molecule has 3 amide bonds. The van der Waals surface area contributed by atoms with E-state index in [4.69, 9.17) is 23.2 Å². The van der Waals surface area contributed by atoms with Crippen LogP contribution in [0.4, 0.5) is 15.9 Å². The summed E-state index contributed by atoms with van der Waals surface area (Å²) in [4.78, 5) is 38.0. The maximum atomic E-state index is 13.6. The molecule has 2 aromatic carbocycles. The van der Waals surface area contributed by atoms with E-state index >= 15 is 0 Å². The summed E-state index contributed by atoms with van der Waals surface area (Å²) in [6.07, 6.45) is 0. The Bertz CT molecular complexity index is 1160. The first-order valence-corrected chi connectivity index (χ1v) is 9.58. The molecule has 3 rings (SSSR count). The van der Waals surface area contributed by atoms with Crippen LogP contribution in [-0.2, 0) is 0 Å². The average molecular weight is 464 g/mol. The summed E-state index contributed by atoms with van der Waals surface area (Å²) in [6.45, 7) is 0. The van der Waals surface area contributed by atoms with Crippen LogP contribution < -0.4 is 15.5 Å². The van der Waals surface area contributed by atoms with Gasteiger partial charge in [-0.2, -0.15) is 5.10 Å². The predicted molar refractivity (Wildman–Crippen MR) is 116 cm³/mol. The Labute approximate surface area is 186 Å². The molecule has 0 bridgehead atoms. The highest BCUT2D eigenvalue weighted by Gasteiger charge is 2.19. The third-order valence-corrected chi connectivity index (χ3v) is 4.96. The molecule has 0 saturated heterocycles. The van der Waals surface area contributed by atoms with Gasteiger partial charge in [-0.3, -0.25) is 19.5 Å². The quantitative estimate of drug-likeness (QED) is 0.500. The van der Waals surface area contributed by atoms with Crippen LogP contribution in [0, 0.1) is 5.82 Å². The van der Waals surface area contributed by atoms with Gasteiger partial charge in [0.25, 0.3) is 17.7 Å². The fraction of sp³-hybridized carbons (Fsp3) is 0.100. The smallest absolute Gasteiger partial charge is 0.276 e. The normalized spacial score (nSPS) is 10.5. The first-order chi connectivity index (χ1) is 14.7. The first kappa shape index (κ1) is 22.3. The number of anilines is 2. The molecule has 0 atom stereocenters. The van der Waals surface area contributed by atoms with Gasteiger partial charge in [-0.15, -0.1) is 0 Å². The van der Waals surface area contributed by atoms with E-state index in [1.807, 2.05) is 0 Å². The summed E-state index contributed by atoms with van der Waals surface area (Å²) in [6, 6.07) is 9.79. The van der Waals surface area contributed by atoms with Crippen LogP contribution in [0.5, 0.6) is 0 Å². The number of carbonyl (C=O) groups excluding carboxylic acids is 3. The molecule has 0 unspecified atom stereocenters. The van der Waals surface area contributed by atoms with Gasteiger partial charge in [-0.05, 0) is 36.4 Å². The lowest BCUT2D eigenvalue weighted by Gasteiger charge is -2.16. The molecule has 0 spiro atoms. The summed E-state index contributed by atoms with van der Waals surface area (Å²) in [5, 5.41) is 11.1. The standard InChI is InChI=1S/C20H16Cl2FN5O3/c1-24-18(29)10-3-5-11(6-4-10)28(2)20(31)16-9-17(27-26-16)25-19(30)12-7-15(23)14(22)8-13(12)21/h3-9H,1-2H3,(H,24,29)(H2,25,26,27,30). The zero-order valence-corrected chi connectivity index (χ0v) is 17.8. The second-order valence-corrected chi connectivity index (χ2v) is 7.17. The van der Waals surface area contributed by atoms with Gasteiger partial charge in [-0.25, -0.2) is 4.39 Å². The fourth-order valence-electron chi connectivity index (χ4n) is 2.65. The van der Waals surface area contributed by atoms with Gasteiger partial charge in [0.1, 0.15) is 11.5 Å². The van der Waals surface area contributed by atoms with E-state index in [1.54, 1.807) is 31.3 Å². The Balaban J connectivity index is 1.72. The Morgan fingerprint density at radius 2 is 1.71 bits per heavy atom. The Hall–Kier alpha value is -3.43. The topological polar surface area (TPSA) is 107 Å². The SMILES string of the molecule is CNC(=O)c1ccc(N(C)C(=O)c2cc(NC(=O)c3cc(F)c(Cl)cc3Cl)n[nH]2)cc1. The Kier molecular flexibility index (Phi) is 6.57. The average Bonchev–Trinajstić information content (AvgIpc) is 3.23. The van der Waals surface area contributed by atoms with Crippen LogP contribution in [-0.4, -0.2) is 42.0 Å². The second kappa shape index (κ2) is 9.15. The molecule has 0 aliphatic rings. The van der Waals surface area contributed by atoms with Crippen molar-refractivity contribution in [3.63, 3.8) is 0 Å². The second-order valence-electron chi connectivity index (χ2n) is 6.36. The van der Waals surface area contributed by atoms with E-state index in [9.17, 15) is 18.8 Å². The van der Waals surface area contributed by atoms with Gasteiger partial charge in [0.2, 0.25) is 0 Å². The molecule has 1 aromatic heterocycles. The number of rotatable bonds is 5. The molecule has 0 saturated carbocycles. The zero-order valence-electron chi connectivity index (χ0n) is 16.3. The molecule has 0 radical (unpaired) electrons. The van der Waals surface area contributed by atoms with E-state index in [-0.39, 0.29) is 33.0 Å². The Morgan fingerprint density at radius 3 is 2.35 bits per heavy atom. The van der Waals surface area contributed by atoms with E-state index < -0.39 is 17.6 Å². The maximum Gasteiger partial charge on any atom is 0.276 e. The number of nitrogens with one attached hydrogen (secondary N) is 3. The lowest BCUT2D eigenvalue weighted by molar-refractivity contribution is 0.0961. The van der Waals surface area contributed by atoms with Crippen molar-refractivity contribution in [2.45, 2.75) is 0 Å². The summed E-state index contributed by atoms with van der Waals surface area (Å²) < 4.78 is 13.6. The zero-order chi connectivity index (χ0) is 22.7. The monoisotopic (exact) mass is 463 g/mol. The molecular weight excluding hydrogens is 448 g/mol. The number of hydrogen-bond acceptors (Lipinski definition) is 4. The predicted octanol–water partition coefficient (Wildman–Crippen LogP) is 3.74. The van der Waals surface area contributed by atoms with Crippen LogP contribution in [0.25, 0.3) is 0 Å². The number of carbonyl (C=O) groups is 3. The van der Waals surface area contributed by atoms with Crippen LogP contribution >= 0.6 is 23.2 Å². The van der Waals surface area contributed by atoms with Crippen molar-refractivity contribution in [1.29, 1.82) is 0 Å². The minimum atomic E-state index is -0.793. The van der Waals surface area contributed by atoms with E-state index in [0.717, 1.165) is 12.1 Å². The molecule has 1 heterocycles. The molecule has 11 heteroatoms. The summed E-state index contributed by atoms with van der Waals surface area (Å²) >= 11 is 11.6. The number of H-pyrrole nitrogens is 1. The van der Waals surface area contributed by atoms with E-state index in [0.29, 0.717) is 11.3 Å². The number of aromatic amines is 1. The number of aromatic nitrogens is 2. The number of amides is 3. The number of halogens is 3. The molecule has 31 heavy (non-hydrogen) atoms. The van der Waals surface area contributed by atoms with Crippen LogP contribution in [0.1, 0.15) is 31.2 Å². The highest BCUT2D eigenvalue weighted by atomic mass is 35.5. The molecule has 0 fully saturated rings. The summed E-state index contributed by atoms with van der Waals surface area (Å²) in [7, 11) is 3.07.